The number of hydrogen-bond acceptors (Lipinski definition) is 3. The average Bonchev–Trinajstić information content (AvgIpc) is 3.19. The lowest BCUT2D eigenvalue weighted by Crippen LogP contribution is -2.51. The number of hydrogen-bond donors (Lipinski definition) is 2. The van der Waals surface area contributed by atoms with Crippen molar-refractivity contribution in [1.29, 1.82) is 0 Å². The molecule has 2 fully saturated rings. The van der Waals surface area contributed by atoms with Crippen LogP contribution in [0.5, 0.6) is 0 Å². The standard InChI is InChI=1S/C25H34F6N2O2/c1-14(2)23(6-5-20(10-23)33-21-15(3)12-35-13-16(21)4)22(34)32-11-17-7-18(24(26,27)28)9-19(8-17)25(29,30)31/h7-9,14-16,20-21,33H,5-6,10-13H2,1-4H3,(H,32,34)/t15?,16?,20-,21?,23+/m1/s1. The molecule has 1 aromatic carbocycles. The second-order valence-corrected chi connectivity index (χ2v) is 10.5. The van der Waals surface area contributed by atoms with Gasteiger partial charge in [-0.3, -0.25) is 4.79 Å². The summed E-state index contributed by atoms with van der Waals surface area (Å²) in [6.07, 6.45) is -7.94. The van der Waals surface area contributed by atoms with Gasteiger partial charge in [0.25, 0.3) is 0 Å². The SMILES string of the molecule is CC1COCC(C)C1N[C@@H]1CC[C@@](C(=O)NCc2cc(C(F)(F)F)cc(C(F)(F)F)c2)(C(C)C)C1. The van der Waals surface area contributed by atoms with Gasteiger partial charge in [0.05, 0.1) is 29.8 Å². The third-order valence-corrected chi connectivity index (χ3v) is 7.62. The second-order valence-electron chi connectivity index (χ2n) is 10.5. The number of carbonyl (C=O) groups is 1. The minimum atomic E-state index is -4.93. The molecule has 1 heterocycles. The smallest absolute Gasteiger partial charge is 0.381 e. The van der Waals surface area contributed by atoms with E-state index in [0.717, 1.165) is 6.42 Å². The zero-order chi connectivity index (χ0) is 26.2. The number of rotatable bonds is 6. The summed E-state index contributed by atoms with van der Waals surface area (Å²) in [5.74, 6) is 0.262. The van der Waals surface area contributed by atoms with Gasteiger partial charge in [-0.2, -0.15) is 26.3 Å². The first-order valence-corrected chi connectivity index (χ1v) is 12.0. The van der Waals surface area contributed by atoms with Crippen LogP contribution in [0, 0.1) is 23.2 Å². The number of halogens is 6. The molecule has 4 atom stereocenters. The molecule has 198 valence electrons. The van der Waals surface area contributed by atoms with Crippen LogP contribution in [0.1, 0.15) is 63.6 Å². The molecule has 0 radical (unpaired) electrons. The van der Waals surface area contributed by atoms with Gasteiger partial charge in [-0.05, 0) is 60.8 Å². The molecule has 1 saturated heterocycles. The first-order chi connectivity index (χ1) is 16.1. The Morgan fingerprint density at radius 2 is 1.57 bits per heavy atom. The Balaban J connectivity index is 1.73. The van der Waals surface area contributed by atoms with Gasteiger partial charge in [-0.15, -0.1) is 0 Å². The van der Waals surface area contributed by atoms with Crippen molar-refractivity contribution in [2.24, 2.45) is 23.2 Å². The first kappa shape index (κ1) is 27.8. The van der Waals surface area contributed by atoms with E-state index >= 15 is 0 Å². The molecule has 1 aromatic rings. The van der Waals surface area contributed by atoms with Gasteiger partial charge in [0, 0.05) is 18.6 Å². The van der Waals surface area contributed by atoms with Crippen LogP contribution in [0.25, 0.3) is 0 Å². The van der Waals surface area contributed by atoms with E-state index in [4.69, 9.17) is 4.74 Å². The summed E-state index contributed by atoms with van der Waals surface area (Å²) >= 11 is 0. The van der Waals surface area contributed by atoms with Gasteiger partial charge < -0.3 is 15.4 Å². The van der Waals surface area contributed by atoms with E-state index in [-0.39, 0.29) is 35.5 Å². The molecular weight excluding hydrogens is 474 g/mol. The summed E-state index contributed by atoms with van der Waals surface area (Å²) < 4.78 is 84.6. The van der Waals surface area contributed by atoms with E-state index in [1.54, 1.807) is 0 Å². The van der Waals surface area contributed by atoms with Crippen LogP contribution in [-0.2, 0) is 28.4 Å². The molecular formula is C25H34F6N2O2. The van der Waals surface area contributed by atoms with Gasteiger partial charge in [0.15, 0.2) is 0 Å². The molecule has 2 N–H and O–H groups in total. The molecule has 3 rings (SSSR count). The summed E-state index contributed by atoms with van der Waals surface area (Å²) in [4.78, 5) is 13.3. The van der Waals surface area contributed by atoms with Crippen LogP contribution in [0.15, 0.2) is 18.2 Å². The highest BCUT2D eigenvalue weighted by Gasteiger charge is 2.48. The number of nitrogens with one attached hydrogen (secondary N) is 2. The quantitative estimate of drug-likeness (QED) is 0.478. The Bertz CT molecular complexity index is 859. The maximum absolute atomic E-state index is 13.3. The zero-order valence-electron chi connectivity index (χ0n) is 20.4. The Hall–Kier alpha value is -1.81. The number of carbonyl (C=O) groups excluding carboxylic acids is 1. The summed E-state index contributed by atoms with van der Waals surface area (Å²) in [6, 6.07) is 1.76. The Morgan fingerprint density at radius 3 is 2.06 bits per heavy atom. The van der Waals surface area contributed by atoms with Crippen LogP contribution >= 0.6 is 0 Å². The van der Waals surface area contributed by atoms with E-state index in [1.807, 2.05) is 13.8 Å². The lowest BCUT2D eigenvalue weighted by atomic mass is 9.74. The molecule has 10 heteroatoms. The molecule has 2 aliphatic rings. The largest absolute Gasteiger partial charge is 0.416 e. The number of amides is 1. The van der Waals surface area contributed by atoms with Crippen molar-refractivity contribution in [2.45, 2.75) is 77.9 Å². The molecule has 0 bridgehead atoms. The normalized spacial score (nSPS) is 30.0. The van der Waals surface area contributed by atoms with E-state index in [1.165, 1.54) is 0 Å². The van der Waals surface area contributed by atoms with Gasteiger partial charge >= 0.3 is 12.4 Å². The maximum atomic E-state index is 13.3. The fourth-order valence-electron chi connectivity index (χ4n) is 5.50. The number of alkyl halides is 6. The Labute approximate surface area is 202 Å². The fourth-order valence-corrected chi connectivity index (χ4v) is 5.50. The third kappa shape index (κ3) is 6.31. The van der Waals surface area contributed by atoms with Crippen LogP contribution < -0.4 is 10.6 Å². The van der Waals surface area contributed by atoms with Crippen molar-refractivity contribution in [3.63, 3.8) is 0 Å². The maximum Gasteiger partial charge on any atom is 0.416 e. The Morgan fingerprint density at radius 1 is 1.03 bits per heavy atom. The molecule has 1 amide bonds. The second kappa shape index (κ2) is 10.3. The third-order valence-electron chi connectivity index (χ3n) is 7.62. The van der Waals surface area contributed by atoms with Crippen molar-refractivity contribution < 1.29 is 35.9 Å². The van der Waals surface area contributed by atoms with Gasteiger partial charge in [-0.1, -0.05) is 27.7 Å². The molecule has 1 aliphatic heterocycles. The summed E-state index contributed by atoms with van der Waals surface area (Å²) in [5, 5.41) is 6.33. The average molecular weight is 509 g/mol. The predicted molar refractivity (Wildman–Crippen MR) is 119 cm³/mol. The van der Waals surface area contributed by atoms with Crippen LogP contribution in [0.4, 0.5) is 26.3 Å². The van der Waals surface area contributed by atoms with E-state index < -0.39 is 35.4 Å². The van der Waals surface area contributed by atoms with Crippen molar-refractivity contribution in [2.75, 3.05) is 13.2 Å². The van der Waals surface area contributed by atoms with E-state index in [2.05, 4.69) is 24.5 Å². The molecule has 1 aliphatic carbocycles. The van der Waals surface area contributed by atoms with Crippen LogP contribution in [-0.4, -0.2) is 31.2 Å². The Kier molecular flexibility index (Phi) is 8.16. The van der Waals surface area contributed by atoms with Gasteiger partial charge in [0.2, 0.25) is 5.91 Å². The van der Waals surface area contributed by atoms with E-state index in [9.17, 15) is 31.1 Å². The van der Waals surface area contributed by atoms with Gasteiger partial charge in [-0.25, -0.2) is 0 Å². The van der Waals surface area contributed by atoms with Crippen molar-refractivity contribution in [3.8, 4) is 0 Å². The minimum absolute atomic E-state index is 0.0499. The number of benzene rings is 1. The lowest BCUT2D eigenvalue weighted by Gasteiger charge is -2.38. The monoisotopic (exact) mass is 508 g/mol. The van der Waals surface area contributed by atoms with Crippen molar-refractivity contribution >= 4 is 5.91 Å². The van der Waals surface area contributed by atoms with Crippen LogP contribution in [0.3, 0.4) is 0 Å². The zero-order valence-corrected chi connectivity index (χ0v) is 20.4. The number of ether oxygens (including phenoxy) is 1. The molecule has 2 unspecified atom stereocenters. The topological polar surface area (TPSA) is 50.4 Å². The highest BCUT2D eigenvalue weighted by molar-refractivity contribution is 5.83. The van der Waals surface area contributed by atoms with Crippen LogP contribution in [0.2, 0.25) is 0 Å². The molecule has 35 heavy (non-hydrogen) atoms. The summed E-state index contributed by atoms with van der Waals surface area (Å²) in [6.45, 7) is 9.01. The lowest BCUT2D eigenvalue weighted by molar-refractivity contribution is -0.143. The fraction of sp³-hybridized carbons (Fsp3) is 0.720. The molecule has 0 aromatic heterocycles. The molecule has 1 saturated carbocycles. The summed E-state index contributed by atoms with van der Waals surface area (Å²) in [7, 11) is 0. The first-order valence-electron chi connectivity index (χ1n) is 12.0. The minimum Gasteiger partial charge on any atom is -0.381 e. The summed E-state index contributed by atoms with van der Waals surface area (Å²) in [5.41, 5.74) is -3.76. The van der Waals surface area contributed by atoms with E-state index in [0.29, 0.717) is 50.0 Å². The predicted octanol–water partition coefficient (Wildman–Crippen LogP) is 5.80. The highest BCUT2D eigenvalue weighted by atomic mass is 19.4. The van der Waals surface area contributed by atoms with Gasteiger partial charge in [0.1, 0.15) is 0 Å². The van der Waals surface area contributed by atoms with Crippen molar-refractivity contribution in [1.82, 2.24) is 10.6 Å². The molecule has 4 nitrogen and oxygen atoms in total. The molecule has 0 spiro atoms. The highest BCUT2D eigenvalue weighted by Crippen LogP contribution is 2.45. The van der Waals surface area contributed by atoms with Crippen molar-refractivity contribution in [3.05, 3.63) is 34.9 Å².